The fourth-order valence-corrected chi connectivity index (χ4v) is 7.59. The SMILES string of the molecule is CC/C=C\C/C=C\C/C=C\C/C=C\CCCCCCCCC(=O)OC1C(OCC(COC(=O)CC/C=C\C/C=C\C/C=C\C/C=C\CC)OC(=O)CCCCCCC/C=C\CCCC)OC(C(=O)O)C(O)C1O. The van der Waals surface area contributed by atoms with Gasteiger partial charge in [-0.05, 0) is 103 Å². The lowest BCUT2D eigenvalue weighted by molar-refractivity contribution is -0.301. The first-order chi connectivity index (χ1) is 35.6. The highest BCUT2D eigenvalue weighted by molar-refractivity contribution is 5.74. The van der Waals surface area contributed by atoms with Gasteiger partial charge in [-0.3, -0.25) is 14.4 Å². The van der Waals surface area contributed by atoms with Gasteiger partial charge >= 0.3 is 23.9 Å². The molecule has 1 aliphatic rings. The number of carbonyl (C=O) groups is 4. The molecule has 0 amide bonds. The highest BCUT2D eigenvalue weighted by Crippen LogP contribution is 2.26. The standard InChI is InChI=1S/C61H96O12/c1-4-7-10-13-16-19-22-24-25-26-27-28-29-31-34-37-40-43-46-49-55(64)72-59-57(66)56(65)58(60(67)68)73-61(59)70-51-52(71-54(63)48-45-42-39-36-32-21-18-15-12-9-6-3)50-69-53(62)47-44-41-38-35-33-30-23-20-17-14-11-8-5-2/h7-8,10-11,15-20,24-25,27-28,30,33,38,41,52,56-59,61,65-66H,4-6,9,12-14,21-23,26,29,31-32,34-37,39-40,42-51H2,1-3H3,(H,67,68)/b10-7-,11-8-,18-15-,19-16-,20-17-,25-24-,28-27-,33-30-,41-38-. The molecule has 0 spiro atoms. The minimum Gasteiger partial charge on any atom is -0.479 e. The van der Waals surface area contributed by atoms with Crippen molar-refractivity contribution in [3.63, 3.8) is 0 Å². The summed E-state index contributed by atoms with van der Waals surface area (Å²) in [5.74, 6) is -3.27. The molecule has 1 aliphatic heterocycles. The van der Waals surface area contributed by atoms with Gasteiger partial charge in [-0.15, -0.1) is 0 Å². The zero-order valence-electron chi connectivity index (χ0n) is 45.1. The van der Waals surface area contributed by atoms with E-state index in [2.05, 4.69) is 118 Å². The van der Waals surface area contributed by atoms with E-state index in [1.807, 2.05) is 12.2 Å². The lowest BCUT2D eigenvalue weighted by Crippen LogP contribution is -2.61. The lowest BCUT2D eigenvalue weighted by Gasteiger charge is -2.40. The number of allylic oxidation sites excluding steroid dienone is 18. The van der Waals surface area contributed by atoms with Crippen molar-refractivity contribution >= 4 is 23.9 Å². The molecule has 73 heavy (non-hydrogen) atoms. The third kappa shape index (κ3) is 38.6. The normalized spacial score (nSPS) is 19.2. The molecule has 1 fully saturated rings. The summed E-state index contributed by atoms with van der Waals surface area (Å²) in [5, 5.41) is 31.4. The van der Waals surface area contributed by atoms with Crippen LogP contribution in [0.15, 0.2) is 109 Å². The summed E-state index contributed by atoms with van der Waals surface area (Å²) in [4.78, 5) is 50.9. The Bertz CT molecular complexity index is 1690. The van der Waals surface area contributed by atoms with Crippen molar-refractivity contribution in [1.29, 1.82) is 0 Å². The molecule has 6 atom stereocenters. The van der Waals surface area contributed by atoms with E-state index in [4.69, 9.17) is 23.7 Å². The van der Waals surface area contributed by atoms with Crippen LogP contribution < -0.4 is 0 Å². The van der Waals surface area contributed by atoms with Gasteiger partial charge < -0.3 is 39.0 Å². The minimum absolute atomic E-state index is 0.0313. The molecule has 0 aliphatic carbocycles. The fourth-order valence-electron chi connectivity index (χ4n) is 7.59. The molecule has 412 valence electrons. The van der Waals surface area contributed by atoms with Crippen molar-refractivity contribution in [2.75, 3.05) is 13.2 Å². The number of aliphatic hydroxyl groups excluding tert-OH is 2. The number of carboxylic acids is 1. The summed E-state index contributed by atoms with van der Waals surface area (Å²) in [5.41, 5.74) is 0. The maximum atomic E-state index is 13.1. The van der Waals surface area contributed by atoms with Gasteiger partial charge in [0.2, 0.25) is 0 Å². The van der Waals surface area contributed by atoms with Crippen LogP contribution in [0.25, 0.3) is 0 Å². The summed E-state index contributed by atoms with van der Waals surface area (Å²) in [7, 11) is 0. The molecule has 3 N–H and O–H groups in total. The average Bonchev–Trinajstić information content (AvgIpc) is 3.37. The van der Waals surface area contributed by atoms with Crippen LogP contribution >= 0.6 is 0 Å². The van der Waals surface area contributed by atoms with E-state index in [0.29, 0.717) is 19.3 Å². The maximum Gasteiger partial charge on any atom is 0.335 e. The molecular weight excluding hydrogens is 925 g/mol. The average molecular weight is 1020 g/mol. The summed E-state index contributed by atoms with van der Waals surface area (Å²) >= 11 is 0. The van der Waals surface area contributed by atoms with Crippen molar-refractivity contribution in [2.24, 2.45) is 0 Å². The Morgan fingerprint density at radius 1 is 0.466 bits per heavy atom. The van der Waals surface area contributed by atoms with Crippen molar-refractivity contribution < 1.29 is 58.2 Å². The van der Waals surface area contributed by atoms with Crippen LogP contribution in [0.1, 0.15) is 201 Å². The van der Waals surface area contributed by atoms with Crippen molar-refractivity contribution in [3.05, 3.63) is 109 Å². The molecule has 12 nitrogen and oxygen atoms in total. The van der Waals surface area contributed by atoms with Crippen LogP contribution in [0.3, 0.4) is 0 Å². The Hall–Kier alpha value is -4.62. The number of rotatable bonds is 45. The zero-order chi connectivity index (χ0) is 53.3. The van der Waals surface area contributed by atoms with E-state index >= 15 is 0 Å². The lowest BCUT2D eigenvalue weighted by atomic mass is 9.98. The van der Waals surface area contributed by atoms with Crippen molar-refractivity contribution in [3.8, 4) is 0 Å². The van der Waals surface area contributed by atoms with Crippen LogP contribution in [0.5, 0.6) is 0 Å². The number of carboxylic acid groups (broad SMARTS) is 1. The number of carbonyl (C=O) groups excluding carboxylic acids is 3. The van der Waals surface area contributed by atoms with E-state index in [9.17, 15) is 34.5 Å². The zero-order valence-corrected chi connectivity index (χ0v) is 45.1. The van der Waals surface area contributed by atoms with E-state index in [0.717, 1.165) is 128 Å². The van der Waals surface area contributed by atoms with Crippen LogP contribution in [0.2, 0.25) is 0 Å². The first-order valence-corrected chi connectivity index (χ1v) is 27.9. The van der Waals surface area contributed by atoms with Gasteiger partial charge in [0.25, 0.3) is 0 Å². The van der Waals surface area contributed by atoms with Crippen molar-refractivity contribution in [2.45, 2.75) is 237 Å². The topological polar surface area (TPSA) is 175 Å². The Labute approximate surface area is 440 Å². The molecular formula is C61H96O12. The number of ether oxygens (including phenoxy) is 5. The summed E-state index contributed by atoms with van der Waals surface area (Å²) < 4.78 is 28.2. The number of esters is 3. The molecule has 1 saturated heterocycles. The van der Waals surface area contributed by atoms with Crippen LogP contribution in [0.4, 0.5) is 0 Å². The predicted octanol–water partition coefficient (Wildman–Crippen LogP) is 13.9. The maximum absolute atomic E-state index is 13.1. The second kappa shape index (κ2) is 48.3. The van der Waals surface area contributed by atoms with E-state index in [-0.39, 0.29) is 25.9 Å². The van der Waals surface area contributed by atoms with Gasteiger partial charge in [0.05, 0.1) is 6.61 Å². The molecule has 0 aromatic carbocycles. The summed E-state index contributed by atoms with van der Waals surface area (Å²) in [6.07, 6.45) is 52.3. The third-order valence-electron chi connectivity index (χ3n) is 11.8. The van der Waals surface area contributed by atoms with E-state index in [1.54, 1.807) is 0 Å². The van der Waals surface area contributed by atoms with Gasteiger partial charge in [0.15, 0.2) is 24.6 Å². The predicted molar refractivity (Wildman–Crippen MR) is 294 cm³/mol. The monoisotopic (exact) mass is 1020 g/mol. The fraction of sp³-hybridized carbons (Fsp3) is 0.639. The molecule has 0 bridgehead atoms. The highest BCUT2D eigenvalue weighted by Gasteiger charge is 2.50. The smallest absolute Gasteiger partial charge is 0.335 e. The quantitative estimate of drug-likeness (QED) is 0.0228. The minimum atomic E-state index is -1.92. The number of hydrogen-bond donors (Lipinski definition) is 3. The molecule has 12 heteroatoms. The Morgan fingerprint density at radius 2 is 0.890 bits per heavy atom. The number of aliphatic carboxylic acids is 1. The highest BCUT2D eigenvalue weighted by atomic mass is 16.7. The summed E-state index contributed by atoms with van der Waals surface area (Å²) in [6, 6.07) is 0. The first kappa shape index (κ1) is 66.4. The molecule has 0 radical (unpaired) electrons. The Balaban J connectivity index is 2.73. The molecule has 1 heterocycles. The van der Waals surface area contributed by atoms with Crippen LogP contribution in [-0.4, -0.2) is 89.2 Å². The summed E-state index contributed by atoms with van der Waals surface area (Å²) in [6.45, 7) is 5.62. The van der Waals surface area contributed by atoms with E-state index in [1.165, 1.54) is 12.8 Å². The molecule has 1 rings (SSSR count). The second-order valence-corrected chi connectivity index (χ2v) is 18.4. The third-order valence-corrected chi connectivity index (χ3v) is 11.8. The van der Waals surface area contributed by atoms with Gasteiger partial charge in [-0.2, -0.15) is 0 Å². The van der Waals surface area contributed by atoms with Gasteiger partial charge in [0, 0.05) is 19.3 Å². The van der Waals surface area contributed by atoms with Gasteiger partial charge in [0.1, 0.15) is 18.8 Å². The first-order valence-electron chi connectivity index (χ1n) is 27.9. The van der Waals surface area contributed by atoms with Crippen LogP contribution in [-0.2, 0) is 42.9 Å². The van der Waals surface area contributed by atoms with Crippen molar-refractivity contribution in [1.82, 2.24) is 0 Å². The Kier molecular flexibility index (Phi) is 44.0. The van der Waals surface area contributed by atoms with Gasteiger partial charge in [-0.1, -0.05) is 188 Å². The number of aliphatic hydroxyl groups is 2. The number of unbranched alkanes of at least 4 members (excludes halogenated alkanes) is 13. The number of hydrogen-bond acceptors (Lipinski definition) is 11. The molecule has 6 unspecified atom stereocenters. The second-order valence-electron chi connectivity index (χ2n) is 18.4. The van der Waals surface area contributed by atoms with Gasteiger partial charge in [-0.25, -0.2) is 4.79 Å². The molecule has 0 aromatic heterocycles. The molecule has 0 aromatic rings. The van der Waals surface area contributed by atoms with Crippen LogP contribution in [0, 0.1) is 0 Å². The molecule has 0 saturated carbocycles. The Morgan fingerprint density at radius 3 is 1.38 bits per heavy atom. The largest absolute Gasteiger partial charge is 0.479 e. The van der Waals surface area contributed by atoms with E-state index < -0.39 is 67.3 Å².